The summed E-state index contributed by atoms with van der Waals surface area (Å²) in [6, 6.07) is 17.0. The average molecular weight is 431 g/mol. The molecular weight excluding hydrogens is 392 g/mol. The highest BCUT2D eigenvalue weighted by atomic mass is 16.5. The van der Waals surface area contributed by atoms with Crippen molar-refractivity contribution < 1.29 is 20.4 Å². The predicted octanol–water partition coefficient (Wildman–Crippen LogP) is 4.16. The third kappa shape index (κ3) is 6.86. The molecule has 0 bridgehead atoms. The molecule has 0 aromatic heterocycles. The quantitative estimate of drug-likeness (QED) is 0.679. The van der Waals surface area contributed by atoms with E-state index in [0.29, 0.717) is 12.0 Å². The van der Waals surface area contributed by atoms with Crippen LogP contribution in [0.4, 0.5) is 5.69 Å². The van der Waals surface area contributed by atoms with Gasteiger partial charge in [-0.05, 0) is 61.2 Å². The summed E-state index contributed by atoms with van der Waals surface area (Å²) in [5.74, 6) is 2.48. The molecule has 6 nitrogen and oxygen atoms in total. The van der Waals surface area contributed by atoms with Crippen molar-refractivity contribution >= 4 is 5.69 Å². The van der Waals surface area contributed by atoms with E-state index < -0.39 is 0 Å². The number of nitrogens with one attached hydrogen (secondary N) is 1. The Bertz CT molecular complexity index is 761. The van der Waals surface area contributed by atoms with E-state index >= 15 is 0 Å². The van der Waals surface area contributed by atoms with Gasteiger partial charge in [0.1, 0.15) is 17.6 Å². The number of benzene rings is 2. The Kier molecular flexibility index (Phi) is 9.00. The minimum absolute atomic E-state index is 0. The minimum atomic E-state index is 0. The minimum Gasteiger partial charge on any atom is -0.497 e. The molecule has 2 aliphatic rings. The summed E-state index contributed by atoms with van der Waals surface area (Å²) in [5, 5.41) is 3.62. The van der Waals surface area contributed by atoms with E-state index in [1.807, 2.05) is 12.1 Å². The van der Waals surface area contributed by atoms with E-state index in [2.05, 4.69) is 58.3 Å². The second-order valence-corrected chi connectivity index (χ2v) is 8.18. The summed E-state index contributed by atoms with van der Waals surface area (Å²) in [6.45, 7) is 6.85. The molecule has 31 heavy (non-hydrogen) atoms. The van der Waals surface area contributed by atoms with E-state index in [1.165, 1.54) is 17.7 Å². The molecule has 0 amide bonds. The molecule has 0 radical (unpaired) electrons. The molecule has 6 heteroatoms. The first kappa shape index (κ1) is 23.4. The van der Waals surface area contributed by atoms with Gasteiger partial charge >= 0.3 is 0 Å². The second kappa shape index (κ2) is 11.9. The first-order valence-corrected chi connectivity index (χ1v) is 11.0. The zero-order valence-electron chi connectivity index (χ0n) is 19.2. The maximum Gasteiger partial charge on any atom is 0.133 e. The summed E-state index contributed by atoms with van der Waals surface area (Å²) >= 11 is 0. The van der Waals surface area contributed by atoms with Crippen molar-refractivity contribution in [1.29, 1.82) is 0 Å². The number of nitrogens with zero attached hydrogens (tertiary/aromatic N) is 1. The Labute approximate surface area is 187 Å². The van der Waals surface area contributed by atoms with Crippen LogP contribution in [0.5, 0.6) is 11.5 Å². The number of methoxy groups -OCH3 is 2. The van der Waals surface area contributed by atoms with Crippen molar-refractivity contribution in [3.8, 4) is 11.5 Å². The predicted molar refractivity (Wildman–Crippen MR) is 126 cm³/mol. The third-order valence-corrected chi connectivity index (χ3v) is 5.71. The maximum atomic E-state index is 6.12. The van der Waals surface area contributed by atoms with Crippen LogP contribution in [0.1, 0.15) is 26.4 Å². The number of hydrogen-bond donors (Lipinski definition) is 1. The van der Waals surface area contributed by atoms with Gasteiger partial charge in [-0.2, -0.15) is 0 Å². The Morgan fingerprint density at radius 2 is 1.68 bits per heavy atom. The lowest BCUT2D eigenvalue weighted by Crippen LogP contribution is -2.54. The Hall–Kier alpha value is -2.28. The average Bonchev–Trinajstić information content (AvgIpc) is 3.29. The van der Waals surface area contributed by atoms with Gasteiger partial charge in [-0.25, -0.2) is 0 Å². The Balaban J connectivity index is 0.000000860. The van der Waals surface area contributed by atoms with Gasteiger partial charge in [0, 0.05) is 40.5 Å². The summed E-state index contributed by atoms with van der Waals surface area (Å²) < 4.78 is 21.0. The van der Waals surface area contributed by atoms with Gasteiger partial charge in [0.2, 0.25) is 0 Å². The molecule has 0 aliphatic carbocycles. The van der Waals surface area contributed by atoms with Crippen LogP contribution in [0.2, 0.25) is 0 Å². The summed E-state index contributed by atoms with van der Waals surface area (Å²) in [4.78, 5) is 2.32. The summed E-state index contributed by atoms with van der Waals surface area (Å²) in [7, 11) is 4.94. The molecule has 1 unspecified atom stereocenters. The van der Waals surface area contributed by atoms with Crippen LogP contribution in [0, 0.1) is 5.92 Å². The fraction of sp³-hybridized carbons (Fsp3) is 0.520. The number of ether oxygens (including phenoxy) is 4. The molecule has 2 aromatic carbocycles. The fourth-order valence-corrected chi connectivity index (χ4v) is 3.75. The lowest BCUT2D eigenvalue weighted by atomic mass is 10.1. The van der Waals surface area contributed by atoms with Gasteiger partial charge in [0.15, 0.2) is 0 Å². The molecule has 2 heterocycles. The van der Waals surface area contributed by atoms with E-state index in [1.54, 1.807) is 21.3 Å². The standard InChI is InChI=1S/C23H30N2O3.C2H6O.H2/c1-17(24-13-18-11-12-27-16-18)19-3-7-22(8-4-19)28-23-14-25(15-23)20-5-9-21(26-2)10-6-20;1-3-2;/h3-10,17-18,23-24H,11-16H2,1-2H3;1-2H3;1H/t17-,18?;;/m0../s1. The number of anilines is 1. The monoisotopic (exact) mass is 430 g/mol. The smallest absolute Gasteiger partial charge is 0.133 e. The van der Waals surface area contributed by atoms with Gasteiger partial charge in [-0.15, -0.1) is 0 Å². The van der Waals surface area contributed by atoms with Crippen LogP contribution in [-0.2, 0) is 9.47 Å². The molecule has 4 rings (SSSR count). The van der Waals surface area contributed by atoms with Gasteiger partial charge in [-0.1, -0.05) is 12.1 Å². The number of rotatable bonds is 8. The van der Waals surface area contributed by atoms with Gasteiger partial charge in [0.25, 0.3) is 0 Å². The third-order valence-electron chi connectivity index (χ3n) is 5.71. The summed E-state index contributed by atoms with van der Waals surface area (Å²) in [6.07, 6.45) is 1.41. The Morgan fingerprint density at radius 1 is 1.03 bits per heavy atom. The van der Waals surface area contributed by atoms with Crippen molar-refractivity contribution in [3.05, 3.63) is 54.1 Å². The van der Waals surface area contributed by atoms with Gasteiger partial charge < -0.3 is 29.2 Å². The molecule has 2 atom stereocenters. The normalized spacial score (nSPS) is 19.2. The van der Waals surface area contributed by atoms with Crippen LogP contribution in [0.3, 0.4) is 0 Å². The maximum absolute atomic E-state index is 6.12. The van der Waals surface area contributed by atoms with Crippen LogP contribution in [-0.4, -0.2) is 60.3 Å². The highest BCUT2D eigenvalue weighted by Gasteiger charge is 2.28. The molecule has 0 spiro atoms. The molecule has 2 aliphatic heterocycles. The van der Waals surface area contributed by atoms with Crippen molar-refractivity contribution in [2.24, 2.45) is 5.92 Å². The largest absolute Gasteiger partial charge is 0.497 e. The van der Waals surface area contributed by atoms with Crippen LogP contribution >= 0.6 is 0 Å². The van der Waals surface area contributed by atoms with E-state index in [9.17, 15) is 0 Å². The van der Waals surface area contributed by atoms with Crippen LogP contribution in [0.15, 0.2) is 48.5 Å². The van der Waals surface area contributed by atoms with E-state index in [-0.39, 0.29) is 7.53 Å². The molecular formula is C25H38N2O4. The van der Waals surface area contributed by atoms with Crippen LogP contribution in [0.25, 0.3) is 0 Å². The highest BCUT2D eigenvalue weighted by molar-refractivity contribution is 5.51. The first-order chi connectivity index (χ1) is 15.1. The fourth-order valence-electron chi connectivity index (χ4n) is 3.75. The SMILES string of the molecule is COC.COc1ccc(N2CC(Oc3ccc([C@H](C)NCC4CCOC4)cc3)C2)cc1.[HH]. The second-order valence-electron chi connectivity index (χ2n) is 8.18. The summed E-state index contributed by atoms with van der Waals surface area (Å²) in [5.41, 5.74) is 2.50. The molecule has 2 fully saturated rings. The molecule has 172 valence electrons. The van der Waals surface area contributed by atoms with Crippen molar-refractivity contribution in [2.45, 2.75) is 25.5 Å². The number of hydrogen-bond acceptors (Lipinski definition) is 6. The molecule has 2 saturated heterocycles. The van der Waals surface area contributed by atoms with Crippen LogP contribution < -0.4 is 19.7 Å². The van der Waals surface area contributed by atoms with E-state index in [4.69, 9.17) is 14.2 Å². The zero-order valence-corrected chi connectivity index (χ0v) is 19.2. The van der Waals surface area contributed by atoms with Gasteiger partial charge in [0.05, 0.1) is 26.8 Å². The van der Waals surface area contributed by atoms with Crippen molar-refractivity contribution in [1.82, 2.24) is 5.32 Å². The molecule has 2 aromatic rings. The first-order valence-electron chi connectivity index (χ1n) is 11.0. The molecule has 0 saturated carbocycles. The zero-order chi connectivity index (χ0) is 22.1. The topological polar surface area (TPSA) is 52.2 Å². The van der Waals surface area contributed by atoms with Crippen molar-refractivity contribution in [3.63, 3.8) is 0 Å². The molecule has 1 N–H and O–H groups in total. The lowest BCUT2D eigenvalue weighted by molar-refractivity contribution is 0.167. The lowest BCUT2D eigenvalue weighted by Gasteiger charge is -2.40. The van der Waals surface area contributed by atoms with Gasteiger partial charge in [-0.3, -0.25) is 0 Å². The van der Waals surface area contributed by atoms with Crippen molar-refractivity contribution in [2.75, 3.05) is 59.1 Å². The Morgan fingerprint density at radius 3 is 2.26 bits per heavy atom. The van der Waals surface area contributed by atoms with E-state index in [0.717, 1.165) is 44.3 Å². The highest BCUT2D eigenvalue weighted by Crippen LogP contribution is 2.27.